The second kappa shape index (κ2) is 6.00. The largest absolute Gasteiger partial charge is 0.292 e. The lowest BCUT2D eigenvalue weighted by Crippen LogP contribution is -2.25. The Kier molecular flexibility index (Phi) is 4.01. The van der Waals surface area contributed by atoms with E-state index in [2.05, 4.69) is 4.98 Å². The van der Waals surface area contributed by atoms with E-state index in [0.29, 0.717) is 10.9 Å². The smallest absolute Gasteiger partial charge is 0.261 e. The van der Waals surface area contributed by atoms with Gasteiger partial charge in [0.05, 0.1) is 23.8 Å². The van der Waals surface area contributed by atoms with Crippen molar-refractivity contribution in [3.8, 4) is 0 Å². The maximum absolute atomic E-state index is 13.2. The van der Waals surface area contributed by atoms with Crippen LogP contribution in [0.5, 0.6) is 0 Å². The molecule has 0 fully saturated rings. The van der Waals surface area contributed by atoms with Gasteiger partial charge in [-0.2, -0.15) is 0 Å². The van der Waals surface area contributed by atoms with Gasteiger partial charge < -0.3 is 0 Å². The average Bonchev–Trinajstić information content (AvgIpc) is 2.53. The normalized spacial score (nSPS) is 11.0. The zero-order valence-electron chi connectivity index (χ0n) is 13.8. The third-order valence-corrected chi connectivity index (χ3v) is 4.24. The molecule has 0 unspecified atom stereocenters. The Morgan fingerprint density at radius 1 is 1.08 bits per heavy atom. The molecule has 0 saturated heterocycles. The van der Waals surface area contributed by atoms with Crippen molar-refractivity contribution in [2.45, 2.75) is 27.3 Å². The molecular weight excluding hydrogens is 307 g/mol. The van der Waals surface area contributed by atoms with E-state index in [1.165, 1.54) is 29.1 Å². The van der Waals surface area contributed by atoms with Gasteiger partial charge in [-0.3, -0.25) is 14.2 Å². The highest BCUT2D eigenvalue weighted by Gasteiger charge is 2.13. The lowest BCUT2D eigenvalue weighted by atomic mass is 9.98. The van der Waals surface area contributed by atoms with Crippen molar-refractivity contribution in [1.82, 2.24) is 9.55 Å². The lowest BCUT2D eigenvalue weighted by molar-refractivity contribution is 0.0970. The van der Waals surface area contributed by atoms with E-state index in [4.69, 9.17) is 0 Å². The van der Waals surface area contributed by atoms with Gasteiger partial charge in [-0.25, -0.2) is 9.37 Å². The first kappa shape index (κ1) is 16.1. The molecule has 0 amide bonds. The monoisotopic (exact) mass is 324 g/mol. The molecule has 0 N–H and O–H groups in total. The highest BCUT2D eigenvalue weighted by molar-refractivity contribution is 5.97. The molecule has 3 aromatic rings. The van der Waals surface area contributed by atoms with Gasteiger partial charge in [0.1, 0.15) is 5.82 Å². The number of Topliss-reactive ketones (excluding diaryl/α,β-unsaturated/α-hetero) is 1. The van der Waals surface area contributed by atoms with Crippen LogP contribution in [-0.4, -0.2) is 15.3 Å². The lowest BCUT2D eigenvalue weighted by Gasteiger charge is -2.10. The fourth-order valence-electron chi connectivity index (χ4n) is 2.74. The maximum atomic E-state index is 13.2. The molecule has 122 valence electrons. The summed E-state index contributed by atoms with van der Waals surface area (Å²) < 4.78 is 14.5. The fourth-order valence-corrected chi connectivity index (χ4v) is 2.74. The zero-order chi connectivity index (χ0) is 17.4. The van der Waals surface area contributed by atoms with Gasteiger partial charge in [0.15, 0.2) is 5.78 Å². The molecule has 0 aliphatic rings. The molecule has 0 radical (unpaired) electrons. The number of carbonyl (C=O) groups excluding carboxylic acids is 1. The Hall–Kier alpha value is -2.82. The Bertz CT molecular complexity index is 1020. The number of nitrogens with zero attached hydrogens (tertiary/aromatic N) is 2. The summed E-state index contributed by atoms with van der Waals surface area (Å²) in [7, 11) is 0. The van der Waals surface area contributed by atoms with E-state index in [1.807, 2.05) is 32.9 Å². The molecule has 0 aliphatic carbocycles. The van der Waals surface area contributed by atoms with Crippen molar-refractivity contribution in [1.29, 1.82) is 0 Å². The van der Waals surface area contributed by atoms with Crippen LogP contribution in [0.25, 0.3) is 10.9 Å². The number of aromatic nitrogens is 2. The van der Waals surface area contributed by atoms with Crippen LogP contribution < -0.4 is 5.56 Å². The number of fused-ring (bicyclic) bond motifs is 1. The summed E-state index contributed by atoms with van der Waals surface area (Å²) in [5.74, 6) is -0.602. The van der Waals surface area contributed by atoms with Gasteiger partial charge in [-0.1, -0.05) is 6.07 Å². The predicted molar refractivity (Wildman–Crippen MR) is 90.9 cm³/mol. The van der Waals surface area contributed by atoms with Gasteiger partial charge >= 0.3 is 0 Å². The number of ketones is 1. The molecule has 3 rings (SSSR count). The summed E-state index contributed by atoms with van der Waals surface area (Å²) in [5.41, 5.74) is 3.57. The minimum absolute atomic E-state index is 0.0948. The second-order valence-electron chi connectivity index (χ2n) is 6.01. The predicted octanol–water partition coefficient (Wildman–Crippen LogP) is 3.34. The van der Waals surface area contributed by atoms with Crippen LogP contribution in [-0.2, 0) is 6.54 Å². The van der Waals surface area contributed by atoms with E-state index >= 15 is 0 Å². The average molecular weight is 324 g/mol. The van der Waals surface area contributed by atoms with E-state index in [-0.39, 0.29) is 23.4 Å². The number of hydrogen-bond acceptors (Lipinski definition) is 3. The molecule has 0 aliphatic heterocycles. The van der Waals surface area contributed by atoms with Gasteiger partial charge in [0.2, 0.25) is 0 Å². The van der Waals surface area contributed by atoms with E-state index in [1.54, 1.807) is 0 Å². The van der Waals surface area contributed by atoms with Crippen LogP contribution >= 0.6 is 0 Å². The number of benzene rings is 2. The van der Waals surface area contributed by atoms with Gasteiger partial charge in [-0.15, -0.1) is 0 Å². The molecule has 24 heavy (non-hydrogen) atoms. The number of hydrogen-bond donors (Lipinski definition) is 0. The van der Waals surface area contributed by atoms with E-state index < -0.39 is 5.82 Å². The molecule has 0 spiro atoms. The van der Waals surface area contributed by atoms with Crippen LogP contribution in [0.1, 0.15) is 27.0 Å². The van der Waals surface area contributed by atoms with Crippen LogP contribution in [0.15, 0.2) is 41.5 Å². The van der Waals surface area contributed by atoms with Crippen LogP contribution in [0, 0.1) is 26.6 Å². The summed E-state index contributed by atoms with van der Waals surface area (Å²) in [4.78, 5) is 29.1. The Morgan fingerprint density at radius 2 is 1.79 bits per heavy atom. The molecule has 1 aromatic heterocycles. The molecule has 4 nitrogen and oxygen atoms in total. The Morgan fingerprint density at radius 3 is 2.54 bits per heavy atom. The maximum Gasteiger partial charge on any atom is 0.261 e. The van der Waals surface area contributed by atoms with Crippen LogP contribution in [0.2, 0.25) is 0 Å². The molecule has 2 aromatic carbocycles. The minimum atomic E-state index is -0.450. The molecule has 1 heterocycles. The summed E-state index contributed by atoms with van der Waals surface area (Å²) in [6, 6.07) is 7.62. The molecule has 0 bridgehead atoms. The second-order valence-corrected chi connectivity index (χ2v) is 6.01. The first-order valence-electron chi connectivity index (χ1n) is 7.62. The Balaban J connectivity index is 2.00. The number of carbonyl (C=O) groups is 1. The number of aryl methyl sites for hydroxylation is 3. The van der Waals surface area contributed by atoms with Crippen LogP contribution in [0.3, 0.4) is 0 Å². The van der Waals surface area contributed by atoms with Crippen molar-refractivity contribution in [2.75, 3.05) is 0 Å². The SMILES string of the molecule is Cc1cc(C)c(C(=O)Cn2cnc3cc(F)ccc3c2=O)cc1C. The minimum Gasteiger partial charge on any atom is -0.292 e. The first-order chi connectivity index (χ1) is 11.4. The highest BCUT2D eigenvalue weighted by atomic mass is 19.1. The topological polar surface area (TPSA) is 52.0 Å². The summed E-state index contributed by atoms with van der Waals surface area (Å²) in [6.07, 6.45) is 1.29. The van der Waals surface area contributed by atoms with Gasteiger partial charge in [-0.05, 0) is 55.7 Å². The summed E-state index contributed by atoms with van der Waals surface area (Å²) >= 11 is 0. The molecule has 0 atom stereocenters. The van der Waals surface area contributed by atoms with Crippen molar-refractivity contribution >= 4 is 16.7 Å². The zero-order valence-corrected chi connectivity index (χ0v) is 13.8. The summed E-state index contributed by atoms with van der Waals surface area (Å²) in [6.45, 7) is 5.73. The van der Waals surface area contributed by atoms with E-state index in [9.17, 15) is 14.0 Å². The standard InChI is InChI=1S/C19H17FN2O2/c1-11-6-13(3)16(7-12(11)2)18(23)9-22-10-21-17-8-14(20)4-5-15(17)19(22)24/h4-8,10H,9H2,1-3H3. The van der Waals surface area contributed by atoms with Crippen molar-refractivity contribution in [2.24, 2.45) is 0 Å². The highest BCUT2D eigenvalue weighted by Crippen LogP contribution is 2.16. The molecule has 5 heteroatoms. The third kappa shape index (κ3) is 2.85. The van der Waals surface area contributed by atoms with Crippen molar-refractivity contribution < 1.29 is 9.18 Å². The van der Waals surface area contributed by atoms with Gasteiger partial charge in [0.25, 0.3) is 5.56 Å². The van der Waals surface area contributed by atoms with Crippen LogP contribution in [0.4, 0.5) is 4.39 Å². The van der Waals surface area contributed by atoms with Crippen molar-refractivity contribution in [3.05, 3.63) is 75.1 Å². The quantitative estimate of drug-likeness (QED) is 0.694. The van der Waals surface area contributed by atoms with Crippen molar-refractivity contribution in [3.63, 3.8) is 0 Å². The fraction of sp³-hybridized carbons (Fsp3) is 0.211. The summed E-state index contributed by atoms with van der Waals surface area (Å²) in [5, 5.41) is 0.295. The number of rotatable bonds is 3. The van der Waals surface area contributed by atoms with E-state index in [0.717, 1.165) is 16.7 Å². The van der Waals surface area contributed by atoms with Gasteiger partial charge in [0, 0.05) is 11.6 Å². The molecular formula is C19H17FN2O2. The number of halogens is 1. The first-order valence-corrected chi connectivity index (χ1v) is 7.62. The third-order valence-electron chi connectivity index (χ3n) is 4.24. The molecule has 0 saturated carbocycles. The Labute approximate surface area is 138 Å².